The molecule has 0 aromatic carbocycles. The lowest BCUT2D eigenvalue weighted by atomic mass is 10.3. The standard InChI is InChI=1S/C7H12N4O3S/c1-3-5(7(12)13)15(14)4-6-8-10-11(2)9-6/h5H,3-4H2,1-2H3,(H,12,13). The fourth-order valence-electron chi connectivity index (χ4n) is 1.08. The molecule has 1 aromatic heterocycles. The van der Waals surface area contributed by atoms with Gasteiger partial charge in [0.05, 0.1) is 12.8 Å². The molecule has 0 spiro atoms. The van der Waals surface area contributed by atoms with Crippen molar-refractivity contribution in [1.29, 1.82) is 0 Å². The lowest BCUT2D eigenvalue weighted by Gasteiger charge is -2.06. The number of hydrogen-bond acceptors (Lipinski definition) is 5. The molecule has 0 bridgehead atoms. The second-order valence-electron chi connectivity index (χ2n) is 2.96. The number of carboxylic acids is 1. The third-order valence-corrected chi connectivity index (χ3v) is 3.50. The van der Waals surface area contributed by atoms with Gasteiger partial charge in [0.25, 0.3) is 0 Å². The van der Waals surface area contributed by atoms with Gasteiger partial charge in [0, 0.05) is 10.8 Å². The first-order valence-electron chi connectivity index (χ1n) is 4.37. The monoisotopic (exact) mass is 232 g/mol. The third-order valence-electron chi connectivity index (χ3n) is 1.78. The molecule has 84 valence electrons. The zero-order chi connectivity index (χ0) is 11.4. The summed E-state index contributed by atoms with van der Waals surface area (Å²) < 4.78 is 11.6. The SMILES string of the molecule is CCC(C(=O)O)S(=O)Cc1nnn(C)n1. The summed E-state index contributed by atoms with van der Waals surface area (Å²) in [5.74, 6) is -0.728. The minimum atomic E-state index is -1.50. The number of tetrazole rings is 1. The minimum absolute atomic E-state index is 0.0264. The maximum atomic E-state index is 11.6. The number of hydrogen-bond donors (Lipinski definition) is 1. The third kappa shape index (κ3) is 3.08. The predicted molar refractivity (Wildman–Crippen MR) is 52.4 cm³/mol. The molecule has 0 saturated carbocycles. The Morgan fingerprint density at radius 3 is 2.73 bits per heavy atom. The van der Waals surface area contributed by atoms with Crippen LogP contribution in [0.2, 0.25) is 0 Å². The molecule has 1 N–H and O–H groups in total. The Kier molecular flexibility index (Phi) is 3.89. The summed E-state index contributed by atoms with van der Waals surface area (Å²) >= 11 is 0. The van der Waals surface area contributed by atoms with Crippen LogP contribution in [0.15, 0.2) is 0 Å². The van der Waals surface area contributed by atoms with Crippen LogP contribution in [-0.4, -0.2) is 40.7 Å². The van der Waals surface area contributed by atoms with E-state index in [0.717, 1.165) is 0 Å². The van der Waals surface area contributed by atoms with Crippen LogP contribution >= 0.6 is 0 Å². The van der Waals surface area contributed by atoms with Crippen molar-refractivity contribution >= 4 is 16.8 Å². The molecular formula is C7H12N4O3S. The predicted octanol–water partition coefficient (Wildman–Crippen LogP) is -0.678. The highest BCUT2D eigenvalue weighted by Crippen LogP contribution is 2.06. The van der Waals surface area contributed by atoms with E-state index in [1.807, 2.05) is 0 Å². The molecular weight excluding hydrogens is 220 g/mol. The topological polar surface area (TPSA) is 98.0 Å². The summed E-state index contributed by atoms with van der Waals surface area (Å²) in [6.07, 6.45) is 0.322. The number of aromatic nitrogens is 4. The second kappa shape index (κ2) is 4.96. The molecule has 1 aromatic rings. The Morgan fingerprint density at radius 2 is 2.33 bits per heavy atom. The van der Waals surface area contributed by atoms with Gasteiger partial charge in [-0.15, -0.1) is 10.2 Å². The molecule has 0 radical (unpaired) electrons. The van der Waals surface area contributed by atoms with Gasteiger partial charge in [-0.1, -0.05) is 6.92 Å². The summed E-state index contributed by atoms with van der Waals surface area (Å²) in [5.41, 5.74) is 0. The lowest BCUT2D eigenvalue weighted by Crippen LogP contribution is -2.26. The zero-order valence-electron chi connectivity index (χ0n) is 8.45. The van der Waals surface area contributed by atoms with Gasteiger partial charge < -0.3 is 5.11 Å². The number of nitrogens with zero attached hydrogens (tertiary/aromatic N) is 4. The number of aryl methyl sites for hydroxylation is 1. The van der Waals surface area contributed by atoms with Crippen molar-refractivity contribution in [3.63, 3.8) is 0 Å². The Morgan fingerprint density at radius 1 is 1.67 bits per heavy atom. The molecule has 1 rings (SSSR count). The van der Waals surface area contributed by atoms with Gasteiger partial charge in [-0.3, -0.25) is 9.00 Å². The molecule has 1 heterocycles. The van der Waals surface area contributed by atoms with E-state index in [4.69, 9.17) is 5.11 Å². The molecule has 0 saturated heterocycles. The normalized spacial score (nSPS) is 14.8. The number of rotatable bonds is 5. The summed E-state index contributed by atoms with van der Waals surface area (Å²) in [5, 5.41) is 19.0. The molecule has 2 atom stereocenters. The first-order valence-corrected chi connectivity index (χ1v) is 5.75. The fraction of sp³-hybridized carbons (Fsp3) is 0.714. The highest BCUT2D eigenvalue weighted by molar-refractivity contribution is 7.85. The lowest BCUT2D eigenvalue weighted by molar-refractivity contribution is -0.136. The van der Waals surface area contributed by atoms with Crippen molar-refractivity contribution in [3.8, 4) is 0 Å². The first-order chi connectivity index (χ1) is 7.04. The van der Waals surface area contributed by atoms with Crippen LogP contribution in [0.1, 0.15) is 19.2 Å². The van der Waals surface area contributed by atoms with E-state index in [9.17, 15) is 9.00 Å². The van der Waals surface area contributed by atoms with Crippen molar-refractivity contribution in [2.24, 2.45) is 7.05 Å². The van der Waals surface area contributed by atoms with Gasteiger partial charge in [-0.05, 0) is 11.6 Å². The van der Waals surface area contributed by atoms with Gasteiger partial charge in [-0.2, -0.15) is 4.80 Å². The van der Waals surface area contributed by atoms with Crippen LogP contribution in [0, 0.1) is 0 Å². The number of aliphatic carboxylic acids is 1. The second-order valence-corrected chi connectivity index (χ2v) is 4.57. The quantitative estimate of drug-likeness (QED) is 0.722. The Balaban J connectivity index is 2.66. The van der Waals surface area contributed by atoms with Crippen LogP contribution in [0.4, 0.5) is 0 Å². The van der Waals surface area contributed by atoms with E-state index >= 15 is 0 Å². The molecule has 7 nitrogen and oxygen atoms in total. The summed E-state index contributed by atoms with van der Waals surface area (Å²) in [6.45, 7) is 1.68. The molecule has 0 fully saturated rings. The average Bonchev–Trinajstić information content (AvgIpc) is 2.51. The smallest absolute Gasteiger partial charge is 0.319 e. The number of carbonyl (C=O) groups is 1. The van der Waals surface area contributed by atoms with E-state index in [1.165, 1.54) is 4.80 Å². The van der Waals surface area contributed by atoms with Crippen LogP contribution in [0.3, 0.4) is 0 Å². The Bertz CT molecular complexity index is 378. The van der Waals surface area contributed by atoms with Crippen molar-refractivity contribution in [2.45, 2.75) is 24.3 Å². The largest absolute Gasteiger partial charge is 0.480 e. The van der Waals surface area contributed by atoms with Crippen molar-refractivity contribution < 1.29 is 14.1 Å². The Labute approximate surface area is 88.9 Å². The van der Waals surface area contributed by atoms with Crippen LogP contribution in [-0.2, 0) is 28.4 Å². The Hall–Kier alpha value is -1.31. The molecule has 2 unspecified atom stereocenters. The summed E-state index contributed by atoms with van der Waals surface area (Å²) in [6, 6.07) is 0. The molecule has 0 aliphatic carbocycles. The first kappa shape index (κ1) is 11.8. The van der Waals surface area contributed by atoms with Crippen LogP contribution < -0.4 is 0 Å². The summed E-state index contributed by atoms with van der Waals surface area (Å²) in [7, 11) is 0.0877. The van der Waals surface area contributed by atoms with E-state index in [0.29, 0.717) is 12.2 Å². The van der Waals surface area contributed by atoms with Crippen molar-refractivity contribution in [3.05, 3.63) is 5.82 Å². The zero-order valence-corrected chi connectivity index (χ0v) is 9.27. The van der Waals surface area contributed by atoms with Gasteiger partial charge in [0.15, 0.2) is 5.82 Å². The average molecular weight is 232 g/mol. The van der Waals surface area contributed by atoms with Gasteiger partial charge in [0.2, 0.25) is 0 Å². The molecule has 0 aliphatic heterocycles. The van der Waals surface area contributed by atoms with Crippen LogP contribution in [0.5, 0.6) is 0 Å². The van der Waals surface area contributed by atoms with E-state index in [-0.39, 0.29) is 5.75 Å². The molecule has 0 aliphatic rings. The molecule has 8 heteroatoms. The van der Waals surface area contributed by atoms with Gasteiger partial charge in [0.1, 0.15) is 5.25 Å². The maximum absolute atomic E-state index is 11.6. The maximum Gasteiger partial charge on any atom is 0.319 e. The molecule has 15 heavy (non-hydrogen) atoms. The van der Waals surface area contributed by atoms with Crippen LogP contribution in [0.25, 0.3) is 0 Å². The van der Waals surface area contributed by atoms with Gasteiger partial charge >= 0.3 is 5.97 Å². The van der Waals surface area contributed by atoms with Crippen molar-refractivity contribution in [2.75, 3.05) is 0 Å². The number of carboxylic acid groups (broad SMARTS) is 1. The van der Waals surface area contributed by atoms with E-state index in [2.05, 4.69) is 15.4 Å². The highest BCUT2D eigenvalue weighted by atomic mass is 32.2. The highest BCUT2D eigenvalue weighted by Gasteiger charge is 2.23. The summed E-state index contributed by atoms with van der Waals surface area (Å²) in [4.78, 5) is 12.0. The molecule has 0 amide bonds. The minimum Gasteiger partial charge on any atom is -0.480 e. The fourth-order valence-corrected chi connectivity index (χ4v) is 2.25. The van der Waals surface area contributed by atoms with E-state index < -0.39 is 22.0 Å². The van der Waals surface area contributed by atoms with Gasteiger partial charge in [-0.25, -0.2) is 0 Å². The van der Waals surface area contributed by atoms with E-state index in [1.54, 1.807) is 14.0 Å². The van der Waals surface area contributed by atoms with Crippen molar-refractivity contribution in [1.82, 2.24) is 20.2 Å².